The Morgan fingerprint density at radius 3 is 1.68 bits per heavy atom. The minimum atomic E-state index is -0.666. The molecule has 0 fully saturated rings. The first kappa shape index (κ1) is 20.1. The Morgan fingerprint density at radius 2 is 1.37 bits per heavy atom. The van der Waals surface area contributed by atoms with Gasteiger partial charge in [0.25, 0.3) is 0 Å². The Kier molecular flexibility index (Phi) is 13.9. The van der Waals surface area contributed by atoms with Gasteiger partial charge in [0.15, 0.2) is 5.96 Å². The van der Waals surface area contributed by atoms with E-state index in [1.807, 2.05) is 28.2 Å². The monoisotopic (exact) mass is 273 g/mol. The van der Waals surface area contributed by atoms with Crippen molar-refractivity contribution in [3.05, 3.63) is 0 Å². The Balaban J connectivity index is 0. The van der Waals surface area contributed by atoms with Gasteiger partial charge in [-0.05, 0) is 6.42 Å². The molecule has 2 N–H and O–H groups in total. The summed E-state index contributed by atoms with van der Waals surface area (Å²) >= 11 is 0. The molecule has 0 amide bonds. The van der Waals surface area contributed by atoms with Gasteiger partial charge in [-0.1, -0.05) is 39.0 Å². The van der Waals surface area contributed by atoms with Crippen LogP contribution in [0, 0.1) is 5.41 Å². The van der Waals surface area contributed by atoms with E-state index in [1.165, 1.54) is 25.7 Å². The molecular weight excluding hydrogens is 242 g/mol. The van der Waals surface area contributed by atoms with Crippen LogP contribution in [0.15, 0.2) is 0 Å². The van der Waals surface area contributed by atoms with Crippen LogP contribution in [0.25, 0.3) is 0 Å². The zero-order valence-corrected chi connectivity index (χ0v) is 13.2. The van der Waals surface area contributed by atoms with E-state index >= 15 is 0 Å². The van der Waals surface area contributed by atoms with E-state index in [2.05, 4.69) is 6.92 Å². The van der Waals surface area contributed by atoms with Crippen LogP contribution in [-0.2, 0) is 4.79 Å². The lowest BCUT2D eigenvalue weighted by molar-refractivity contribution is -0.137. The van der Waals surface area contributed by atoms with E-state index in [0.717, 1.165) is 12.8 Å². The van der Waals surface area contributed by atoms with Crippen molar-refractivity contribution < 1.29 is 9.90 Å². The fourth-order valence-electron chi connectivity index (χ4n) is 1.46. The Morgan fingerprint density at radius 1 is 0.947 bits per heavy atom. The number of unbranched alkanes of at least 4 members (excludes halogenated alkanes) is 5. The van der Waals surface area contributed by atoms with E-state index in [9.17, 15) is 4.79 Å². The maximum Gasteiger partial charge on any atom is 0.303 e. The second-order valence-corrected chi connectivity index (χ2v) is 5.02. The normalized spacial score (nSPS) is 9.32. The van der Waals surface area contributed by atoms with Gasteiger partial charge in [0.05, 0.1) is 0 Å². The van der Waals surface area contributed by atoms with Crippen LogP contribution in [0.5, 0.6) is 0 Å². The highest BCUT2D eigenvalue weighted by Gasteiger charge is 1.97. The lowest BCUT2D eigenvalue weighted by atomic mass is 10.1. The molecule has 19 heavy (non-hydrogen) atoms. The molecule has 0 aliphatic rings. The summed E-state index contributed by atoms with van der Waals surface area (Å²) < 4.78 is 0. The molecule has 0 aliphatic heterocycles. The average Bonchev–Trinajstić information content (AvgIpc) is 2.32. The zero-order chi connectivity index (χ0) is 15.3. The highest BCUT2D eigenvalue weighted by Crippen LogP contribution is 2.06. The van der Waals surface area contributed by atoms with Crippen LogP contribution in [0.4, 0.5) is 0 Å². The van der Waals surface area contributed by atoms with E-state index < -0.39 is 5.97 Å². The van der Waals surface area contributed by atoms with E-state index in [-0.39, 0.29) is 0 Å². The third-order valence-electron chi connectivity index (χ3n) is 2.59. The lowest BCUT2D eigenvalue weighted by Crippen LogP contribution is -2.34. The molecule has 0 aliphatic carbocycles. The first-order valence-corrected chi connectivity index (χ1v) is 6.97. The van der Waals surface area contributed by atoms with Crippen LogP contribution in [0.3, 0.4) is 0 Å². The third-order valence-corrected chi connectivity index (χ3v) is 2.59. The van der Waals surface area contributed by atoms with E-state index in [4.69, 9.17) is 10.5 Å². The number of guanidine groups is 1. The third kappa shape index (κ3) is 16.7. The van der Waals surface area contributed by atoms with Gasteiger partial charge in [-0.2, -0.15) is 0 Å². The SMILES string of the molecule is CCCCCCCCC(=O)O.CN(C)C(=N)N(C)C. The number of nitrogens with one attached hydrogen (secondary N) is 1. The largest absolute Gasteiger partial charge is 0.481 e. The van der Waals surface area contributed by atoms with Gasteiger partial charge in [-0.3, -0.25) is 10.2 Å². The zero-order valence-electron chi connectivity index (χ0n) is 13.2. The summed E-state index contributed by atoms with van der Waals surface area (Å²) in [5, 5.41) is 15.6. The molecule has 0 aromatic carbocycles. The van der Waals surface area contributed by atoms with Gasteiger partial charge in [-0.15, -0.1) is 0 Å². The van der Waals surface area contributed by atoms with Gasteiger partial charge in [0, 0.05) is 34.6 Å². The molecule has 0 aromatic rings. The number of hydrogen-bond acceptors (Lipinski definition) is 2. The molecule has 0 atom stereocenters. The minimum absolute atomic E-state index is 0.339. The van der Waals surface area contributed by atoms with E-state index in [0.29, 0.717) is 12.4 Å². The number of rotatable bonds is 7. The van der Waals surface area contributed by atoms with Gasteiger partial charge in [-0.25, -0.2) is 0 Å². The van der Waals surface area contributed by atoms with Crippen LogP contribution >= 0.6 is 0 Å². The second kappa shape index (κ2) is 13.2. The van der Waals surface area contributed by atoms with Gasteiger partial charge >= 0.3 is 5.97 Å². The van der Waals surface area contributed by atoms with Crippen molar-refractivity contribution >= 4 is 11.9 Å². The van der Waals surface area contributed by atoms with Crippen LogP contribution in [0.1, 0.15) is 51.9 Å². The molecule has 0 aromatic heterocycles. The van der Waals surface area contributed by atoms with Crippen LogP contribution in [-0.4, -0.2) is 55.0 Å². The molecule has 5 nitrogen and oxygen atoms in total. The number of aliphatic carboxylic acids is 1. The topological polar surface area (TPSA) is 67.6 Å². The quantitative estimate of drug-likeness (QED) is 0.425. The average molecular weight is 273 g/mol. The smallest absolute Gasteiger partial charge is 0.303 e. The Labute approximate surface area is 118 Å². The Bertz CT molecular complexity index is 231. The van der Waals surface area contributed by atoms with Crippen LogP contribution in [0.2, 0.25) is 0 Å². The first-order valence-electron chi connectivity index (χ1n) is 6.97. The fourth-order valence-corrected chi connectivity index (χ4v) is 1.46. The number of carbonyl (C=O) groups is 1. The maximum atomic E-state index is 10.1. The first-order chi connectivity index (χ1) is 8.82. The molecule has 0 bridgehead atoms. The highest BCUT2D eigenvalue weighted by molar-refractivity contribution is 5.75. The molecule has 0 saturated carbocycles. The summed E-state index contributed by atoms with van der Waals surface area (Å²) in [5.41, 5.74) is 0. The number of nitrogens with zero attached hydrogens (tertiary/aromatic N) is 2. The molecule has 0 heterocycles. The van der Waals surface area contributed by atoms with Crippen LogP contribution < -0.4 is 0 Å². The van der Waals surface area contributed by atoms with Crippen molar-refractivity contribution in [3.8, 4) is 0 Å². The van der Waals surface area contributed by atoms with Crippen molar-refractivity contribution in [2.75, 3.05) is 28.2 Å². The summed E-state index contributed by atoms with van der Waals surface area (Å²) in [6, 6.07) is 0. The lowest BCUT2D eigenvalue weighted by Gasteiger charge is -2.19. The standard InChI is InChI=1S/C9H18O2.C5H13N3/c1-2-3-4-5-6-7-8-9(10)11;1-7(2)5(6)8(3)4/h2-8H2,1H3,(H,10,11);6H,1-4H3. The van der Waals surface area contributed by atoms with Gasteiger partial charge < -0.3 is 14.9 Å². The molecular formula is C14H31N3O2. The maximum absolute atomic E-state index is 10.1. The summed E-state index contributed by atoms with van der Waals surface area (Å²) in [4.78, 5) is 13.6. The summed E-state index contributed by atoms with van der Waals surface area (Å²) in [6.07, 6.45) is 7.25. The predicted molar refractivity (Wildman–Crippen MR) is 80.7 cm³/mol. The number of carboxylic acid groups (broad SMARTS) is 1. The molecule has 0 spiro atoms. The van der Waals surface area contributed by atoms with Crippen molar-refractivity contribution in [2.24, 2.45) is 0 Å². The van der Waals surface area contributed by atoms with E-state index in [1.54, 1.807) is 9.80 Å². The molecule has 0 saturated heterocycles. The number of hydrogen-bond donors (Lipinski definition) is 2. The number of carboxylic acids is 1. The van der Waals surface area contributed by atoms with Crippen molar-refractivity contribution in [1.82, 2.24) is 9.80 Å². The predicted octanol–water partition coefficient (Wildman–Crippen LogP) is 2.87. The van der Waals surface area contributed by atoms with Crippen molar-refractivity contribution in [1.29, 1.82) is 5.41 Å². The summed E-state index contributed by atoms with van der Waals surface area (Å²) in [7, 11) is 7.40. The Hall–Kier alpha value is -1.26. The minimum Gasteiger partial charge on any atom is -0.481 e. The summed E-state index contributed by atoms with van der Waals surface area (Å²) in [6.45, 7) is 2.18. The second-order valence-electron chi connectivity index (χ2n) is 5.02. The summed E-state index contributed by atoms with van der Waals surface area (Å²) in [5.74, 6) is -0.148. The highest BCUT2D eigenvalue weighted by atomic mass is 16.4. The fraction of sp³-hybridized carbons (Fsp3) is 0.857. The van der Waals surface area contributed by atoms with Gasteiger partial charge in [0.2, 0.25) is 0 Å². The van der Waals surface area contributed by atoms with Crippen molar-refractivity contribution in [3.63, 3.8) is 0 Å². The van der Waals surface area contributed by atoms with Gasteiger partial charge in [0.1, 0.15) is 0 Å². The molecule has 5 heteroatoms. The molecule has 0 unspecified atom stereocenters. The molecule has 0 radical (unpaired) electrons. The van der Waals surface area contributed by atoms with Crippen molar-refractivity contribution in [2.45, 2.75) is 51.9 Å². The molecule has 114 valence electrons. The molecule has 0 rings (SSSR count).